The summed E-state index contributed by atoms with van der Waals surface area (Å²) in [6.07, 6.45) is 3.59. The summed E-state index contributed by atoms with van der Waals surface area (Å²) < 4.78 is 0. The number of rotatable bonds is 5. The van der Waals surface area contributed by atoms with Gasteiger partial charge in [-0.05, 0) is 13.3 Å². The van der Waals surface area contributed by atoms with Crippen molar-refractivity contribution in [3.63, 3.8) is 0 Å². The van der Waals surface area contributed by atoms with Gasteiger partial charge in [-0.15, -0.1) is 0 Å². The number of aryl methyl sites for hydroxylation is 1. The Morgan fingerprint density at radius 2 is 2.35 bits per heavy atom. The van der Waals surface area contributed by atoms with E-state index in [0.717, 1.165) is 37.4 Å². The molecule has 0 bridgehead atoms. The van der Waals surface area contributed by atoms with Crippen LogP contribution < -0.4 is 15.5 Å². The van der Waals surface area contributed by atoms with Gasteiger partial charge in [0.05, 0.1) is 0 Å². The van der Waals surface area contributed by atoms with Gasteiger partial charge in [0.15, 0.2) is 0 Å². The predicted octanol–water partition coefficient (Wildman–Crippen LogP) is 0.343. The molecule has 1 saturated heterocycles. The Morgan fingerprint density at radius 3 is 3.10 bits per heavy atom. The van der Waals surface area contributed by atoms with Gasteiger partial charge in [0, 0.05) is 37.9 Å². The van der Waals surface area contributed by atoms with Gasteiger partial charge in [-0.25, -0.2) is 9.97 Å². The smallest absolute Gasteiger partial charge is 0.244 e. The van der Waals surface area contributed by atoms with Gasteiger partial charge in [-0.2, -0.15) is 0 Å². The standard InChI is InChI=1S/C14H23N5O/c1-3-5-11-8-13(18-10-17-11)19-7-6-15-9-12(19)14(20)16-4-2/h8,10,12,15H,3-7,9H2,1-2H3,(H,16,20). The number of anilines is 1. The minimum absolute atomic E-state index is 0.0513. The average molecular weight is 277 g/mol. The molecule has 0 spiro atoms. The van der Waals surface area contributed by atoms with E-state index in [0.29, 0.717) is 13.1 Å². The molecule has 1 aromatic heterocycles. The highest BCUT2D eigenvalue weighted by Crippen LogP contribution is 2.16. The van der Waals surface area contributed by atoms with E-state index in [-0.39, 0.29) is 11.9 Å². The number of carbonyl (C=O) groups is 1. The molecule has 6 nitrogen and oxygen atoms in total. The minimum Gasteiger partial charge on any atom is -0.355 e. The summed E-state index contributed by atoms with van der Waals surface area (Å²) in [4.78, 5) is 22.8. The molecule has 0 aromatic carbocycles. The van der Waals surface area contributed by atoms with Gasteiger partial charge in [0.25, 0.3) is 0 Å². The fraction of sp³-hybridized carbons (Fsp3) is 0.643. The molecule has 1 atom stereocenters. The summed E-state index contributed by atoms with van der Waals surface area (Å²) in [5.74, 6) is 0.900. The zero-order valence-electron chi connectivity index (χ0n) is 12.2. The molecule has 0 radical (unpaired) electrons. The summed E-state index contributed by atoms with van der Waals surface area (Å²) in [6.45, 7) is 7.01. The van der Waals surface area contributed by atoms with E-state index in [1.807, 2.05) is 13.0 Å². The third kappa shape index (κ3) is 3.45. The van der Waals surface area contributed by atoms with Crippen molar-refractivity contribution in [1.29, 1.82) is 0 Å². The third-order valence-corrected chi connectivity index (χ3v) is 3.41. The van der Waals surface area contributed by atoms with Crippen LogP contribution in [-0.2, 0) is 11.2 Å². The lowest BCUT2D eigenvalue weighted by atomic mass is 10.1. The molecule has 20 heavy (non-hydrogen) atoms. The molecule has 6 heteroatoms. The Hall–Kier alpha value is -1.69. The van der Waals surface area contributed by atoms with Crippen LogP contribution in [0.4, 0.5) is 5.82 Å². The van der Waals surface area contributed by atoms with E-state index in [2.05, 4.69) is 32.4 Å². The van der Waals surface area contributed by atoms with Gasteiger partial charge in [-0.1, -0.05) is 13.3 Å². The first kappa shape index (κ1) is 14.7. The maximum Gasteiger partial charge on any atom is 0.244 e. The molecule has 1 aliphatic rings. The van der Waals surface area contributed by atoms with Crippen molar-refractivity contribution < 1.29 is 4.79 Å². The molecule has 1 fully saturated rings. The van der Waals surface area contributed by atoms with Crippen LogP contribution in [0.25, 0.3) is 0 Å². The fourth-order valence-corrected chi connectivity index (χ4v) is 2.44. The monoisotopic (exact) mass is 277 g/mol. The number of hydrogen-bond donors (Lipinski definition) is 2. The van der Waals surface area contributed by atoms with Crippen molar-refractivity contribution >= 4 is 11.7 Å². The van der Waals surface area contributed by atoms with Crippen molar-refractivity contribution in [1.82, 2.24) is 20.6 Å². The Morgan fingerprint density at radius 1 is 1.50 bits per heavy atom. The number of amides is 1. The maximum absolute atomic E-state index is 12.2. The highest BCUT2D eigenvalue weighted by atomic mass is 16.2. The molecule has 2 N–H and O–H groups in total. The maximum atomic E-state index is 12.2. The van der Waals surface area contributed by atoms with Crippen molar-refractivity contribution in [2.24, 2.45) is 0 Å². The van der Waals surface area contributed by atoms with E-state index in [9.17, 15) is 4.79 Å². The van der Waals surface area contributed by atoms with Crippen LogP contribution in [-0.4, -0.2) is 48.1 Å². The molecule has 2 rings (SSSR count). The van der Waals surface area contributed by atoms with Gasteiger partial charge >= 0.3 is 0 Å². The normalized spacial score (nSPS) is 18.9. The number of hydrogen-bond acceptors (Lipinski definition) is 5. The molecule has 1 aliphatic heterocycles. The molecule has 110 valence electrons. The first-order valence-electron chi connectivity index (χ1n) is 7.32. The zero-order chi connectivity index (χ0) is 14.4. The van der Waals surface area contributed by atoms with Gasteiger partial charge in [-0.3, -0.25) is 4.79 Å². The first-order valence-corrected chi connectivity index (χ1v) is 7.32. The van der Waals surface area contributed by atoms with Crippen LogP contribution in [0.3, 0.4) is 0 Å². The van der Waals surface area contributed by atoms with Crippen LogP contribution in [0.5, 0.6) is 0 Å². The molecule has 1 unspecified atom stereocenters. The highest BCUT2D eigenvalue weighted by Gasteiger charge is 2.29. The van der Waals surface area contributed by atoms with Gasteiger partial charge in [0.2, 0.25) is 5.91 Å². The van der Waals surface area contributed by atoms with Crippen molar-refractivity contribution in [3.8, 4) is 0 Å². The van der Waals surface area contributed by atoms with Crippen LogP contribution in [0.15, 0.2) is 12.4 Å². The van der Waals surface area contributed by atoms with Crippen LogP contribution >= 0.6 is 0 Å². The lowest BCUT2D eigenvalue weighted by Crippen LogP contribution is -2.58. The second kappa shape index (κ2) is 7.19. The number of piperazine rings is 1. The molecule has 0 saturated carbocycles. The molecule has 2 heterocycles. The van der Waals surface area contributed by atoms with Crippen molar-refractivity contribution in [2.45, 2.75) is 32.7 Å². The number of nitrogens with zero attached hydrogens (tertiary/aromatic N) is 3. The highest BCUT2D eigenvalue weighted by molar-refractivity contribution is 5.85. The predicted molar refractivity (Wildman–Crippen MR) is 78.7 cm³/mol. The number of aromatic nitrogens is 2. The van der Waals surface area contributed by atoms with Crippen LogP contribution in [0.1, 0.15) is 26.0 Å². The lowest BCUT2D eigenvalue weighted by Gasteiger charge is -2.36. The second-order valence-corrected chi connectivity index (χ2v) is 4.93. The van der Waals surface area contributed by atoms with Crippen molar-refractivity contribution in [2.75, 3.05) is 31.1 Å². The van der Waals surface area contributed by atoms with Crippen molar-refractivity contribution in [3.05, 3.63) is 18.1 Å². The Balaban J connectivity index is 2.18. The van der Waals surface area contributed by atoms with Crippen LogP contribution in [0.2, 0.25) is 0 Å². The topological polar surface area (TPSA) is 70.2 Å². The minimum atomic E-state index is -0.201. The largest absolute Gasteiger partial charge is 0.355 e. The quantitative estimate of drug-likeness (QED) is 0.812. The Bertz CT molecular complexity index is 451. The summed E-state index contributed by atoms with van der Waals surface area (Å²) in [5, 5.41) is 6.16. The average Bonchev–Trinajstić information content (AvgIpc) is 2.48. The van der Waals surface area contributed by atoms with E-state index >= 15 is 0 Å². The summed E-state index contributed by atoms with van der Waals surface area (Å²) in [6, 6.07) is 1.80. The number of nitrogens with one attached hydrogen (secondary N) is 2. The molecule has 1 aromatic rings. The first-order chi connectivity index (χ1) is 9.76. The number of likely N-dealkylation sites (N-methyl/N-ethyl adjacent to an activating group) is 1. The fourth-order valence-electron chi connectivity index (χ4n) is 2.44. The van der Waals surface area contributed by atoms with Crippen LogP contribution in [0, 0.1) is 0 Å². The Labute approximate surface area is 120 Å². The molecule has 1 amide bonds. The summed E-state index contributed by atoms with van der Waals surface area (Å²) in [7, 11) is 0. The van der Waals surface area contributed by atoms with E-state index in [1.54, 1.807) is 6.33 Å². The Kier molecular flexibility index (Phi) is 5.29. The molecule has 0 aliphatic carbocycles. The SMILES string of the molecule is CCCc1cc(N2CCNCC2C(=O)NCC)ncn1. The summed E-state index contributed by atoms with van der Waals surface area (Å²) >= 11 is 0. The lowest BCUT2D eigenvalue weighted by molar-refractivity contribution is -0.122. The van der Waals surface area contributed by atoms with E-state index in [4.69, 9.17) is 0 Å². The van der Waals surface area contributed by atoms with Gasteiger partial charge in [0.1, 0.15) is 18.2 Å². The van der Waals surface area contributed by atoms with E-state index < -0.39 is 0 Å². The third-order valence-electron chi connectivity index (χ3n) is 3.41. The molecular weight excluding hydrogens is 254 g/mol. The number of carbonyl (C=O) groups excluding carboxylic acids is 1. The second-order valence-electron chi connectivity index (χ2n) is 4.93. The summed E-state index contributed by atoms with van der Waals surface area (Å²) in [5.41, 5.74) is 1.03. The zero-order valence-corrected chi connectivity index (χ0v) is 12.2. The van der Waals surface area contributed by atoms with E-state index in [1.165, 1.54) is 0 Å². The van der Waals surface area contributed by atoms with Gasteiger partial charge < -0.3 is 15.5 Å². The molecular formula is C14H23N5O.